The molecule has 0 heterocycles. The summed E-state index contributed by atoms with van der Waals surface area (Å²) in [5.41, 5.74) is 3.20. The van der Waals surface area contributed by atoms with Crippen molar-refractivity contribution < 1.29 is 9.90 Å². The molecule has 0 radical (unpaired) electrons. The van der Waals surface area contributed by atoms with Gasteiger partial charge in [-0.15, -0.1) is 0 Å². The van der Waals surface area contributed by atoms with Gasteiger partial charge in [0.15, 0.2) is 0 Å². The normalized spacial score (nSPS) is 12.2. The van der Waals surface area contributed by atoms with Gasteiger partial charge in [0.1, 0.15) is 0 Å². The van der Waals surface area contributed by atoms with Gasteiger partial charge < -0.3 is 10.4 Å². The lowest BCUT2D eigenvalue weighted by atomic mass is 10.0. The van der Waals surface area contributed by atoms with Crippen molar-refractivity contribution in [3.05, 3.63) is 34.9 Å². The Bertz CT molecular complexity index is 374. The Morgan fingerprint density at radius 3 is 2.62 bits per heavy atom. The number of aryl methyl sites for hydroxylation is 2. The molecule has 0 saturated carbocycles. The average molecular weight is 221 g/mol. The Morgan fingerprint density at radius 2 is 2.06 bits per heavy atom. The first-order valence-corrected chi connectivity index (χ1v) is 5.56. The number of benzene rings is 1. The van der Waals surface area contributed by atoms with Crippen LogP contribution in [0.1, 0.15) is 36.1 Å². The van der Waals surface area contributed by atoms with Crippen LogP contribution in [0, 0.1) is 13.8 Å². The van der Waals surface area contributed by atoms with Crippen LogP contribution in [0.4, 0.5) is 0 Å². The molecule has 1 aromatic carbocycles. The van der Waals surface area contributed by atoms with Crippen LogP contribution in [0.5, 0.6) is 0 Å². The zero-order valence-corrected chi connectivity index (χ0v) is 10.1. The van der Waals surface area contributed by atoms with Gasteiger partial charge in [0.2, 0.25) is 5.91 Å². The molecule has 0 saturated heterocycles. The van der Waals surface area contributed by atoms with Crippen molar-refractivity contribution in [2.45, 2.75) is 33.3 Å². The van der Waals surface area contributed by atoms with E-state index >= 15 is 0 Å². The molecule has 1 amide bonds. The zero-order chi connectivity index (χ0) is 12.1. The van der Waals surface area contributed by atoms with Crippen molar-refractivity contribution in [3.8, 4) is 0 Å². The van der Waals surface area contributed by atoms with Crippen LogP contribution in [0.25, 0.3) is 0 Å². The Morgan fingerprint density at radius 1 is 1.38 bits per heavy atom. The minimum Gasteiger partial charge on any atom is -0.387 e. The maximum Gasteiger partial charge on any atom is 0.219 e. The maximum atomic E-state index is 11.0. The minimum absolute atomic E-state index is 0.0390. The second-order valence-electron chi connectivity index (χ2n) is 4.02. The van der Waals surface area contributed by atoms with Crippen molar-refractivity contribution in [2.24, 2.45) is 0 Å². The van der Waals surface area contributed by atoms with Crippen LogP contribution in [0.3, 0.4) is 0 Å². The molecular formula is C13H19NO2. The van der Waals surface area contributed by atoms with Gasteiger partial charge in [0, 0.05) is 13.0 Å². The summed E-state index contributed by atoms with van der Waals surface area (Å²) in [6.45, 7) is 6.10. The monoisotopic (exact) mass is 221 g/mol. The molecule has 1 atom stereocenters. The van der Waals surface area contributed by atoms with Crippen molar-refractivity contribution in [2.75, 3.05) is 6.54 Å². The van der Waals surface area contributed by atoms with E-state index in [4.69, 9.17) is 0 Å². The molecule has 2 N–H and O–H groups in total. The van der Waals surface area contributed by atoms with Gasteiger partial charge in [-0.3, -0.25) is 4.79 Å². The summed E-state index contributed by atoms with van der Waals surface area (Å²) in [6.07, 6.45) is -0.186. The highest BCUT2D eigenvalue weighted by atomic mass is 16.3. The highest BCUT2D eigenvalue weighted by Gasteiger charge is 2.09. The smallest absolute Gasteiger partial charge is 0.219 e. The van der Waals surface area contributed by atoms with Gasteiger partial charge >= 0.3 is 0 Å². The number of aliphatic hydroxyl groups excluding tert-OH is 1. The van der Waals surface area contributed by atoms with Crippen molar-refractivity contribution in [1.82, 2.24) is 5.32 Å². The van der Waals surface area contributed by atoms with Gasteiger partial charge in [0.05, 0.1) is 6.10 Å². The maximum absolute atomic E-state index is 11.0. The molecular weight excluding hydrogens is 202 g/mol. The van der Waals surface area contributed by atoms with Crippen molar-refractivity contribution >= 4 is 5.91 Å². The highest BCUT2D eigenvalue weighted by molar-refractivity contribution is 5.75. The summed E-state index contributed by atoms with van der Waals surface area (Å²) in [5, 5.41) is 12.5. The lowest BCUT2D eigenvalue weighted by Gasteiger charge is -2.13. The molecule has 0 aliphatic carbocycles. The van der Waals surface area contributed by atoms with Crippen LogP contribution >= 0.6 is 0 Å². The van der Waals surface area contributed by atoms with Gasteiger partial charge in [-0.1, -0.05) is 25.1 Å². The molecule has 0 spiro atoms. The lowest BCUT2D eigenvalue weighted by molar-refractivity contribution is -0.121. The molecule has 0 aliphatic rings. The van der Waals surface area contributed by atoms with Crippen LogP contribution < -0.4 is 5.32 Å². The van der Waals surface area contributed by atoms with Crippen LogP contribution in [0.2, 0.25) is 0 Å². The SMILES string of the molecule is CCC(=O)NCC(O)c1ccc(C)c(C)c1. The van der Waals surface area contributed by atoms with E-state index < -0.39 is 6.10 Å². The first-order chi connectivity index (χ1) is 7.54. The molecule has 1 aromatic rings. The number of amides is 1. The van der Waals surface area contributed by atoms with Crippen LogP contribution in [-0.2, 0) is 4.79 Å². The third-order valence-electron chi connectivity index (χ3n) is 2.73. The molecule has 0 aromatic heterocycles. The average Bonchev–Trinajstić information content (AvgIpc) is 2.29. The number of carbonyl (C=O) groups is 1. The number of nitrogens with one attached hydrogen (secondary N) is 1. The number of hydrogen-bond donors (Lipinski definition) is 2. The molecule has 16 heavy (non-hydrogen) atoms. The minimum atomic E-state index is -0.630. The Kier molecular flexibility index (Phi) is 4.50. The Labute approximate surface area is 96.5 Å². The number of aliphatic hydroxyl groups is 1. The van der Waals surface area contributed by atoms with Crippen LogP contribution in [0.15, 0.2) is 18.2 Å². The number of carbonyl (C=O) groups excluding carboxylic acids is 1. The van der Waals surface area contributed by atoms with E-state index in [0.29, 0.717) is 6.42 Å². The third kappa shape index (κ3) is 3.35. The fourth-order valence-electron chi connectivity index (χ4n) is 1.43. The van der Waals surface area contributed by atoms with Gasteiger partial charge in [-0.05, 0) is 30.5 Å². The Balaban J connectivity index is 2.62. The predicted molar refractivity (Wildman–Crippen MR) is 64.2 cm³/mol. The fourth-order valence-corrected chi connectivity index (χ4v) is 1.43. The number of hydrogen-bond acceptors (Lipinski definition) is 2. The fraction of sp³-hybridized carbons (Fsp3) is 0.462. The highest BCUT2D eigenvalue weighted by Crippen LogP contribution is 2.16. The largest absolute Gasteiger partial charge is 0.387 e. The second kappa shape index (κ2) is 5.66. The van der Waals surface area contributed by atoms with E-state index in [-0.39, 0.29) is 12.5 Å². The quantitative estimate of drug-likeness (QED) is 0.815. The Hall–Kier alpha value is -1.35. The van der Waals surface area contributed by atoms with Gasteiger partial charge in [0.25, 0.3) is 0 Å². The van der Waals surface area contributed by atoms with Crippen molar-refractivity contribution in [1.29, 1.82) is 0 Å². The first kappa shape index (κ1) is 12.7. The third-order valence-corrected chi connectivity index (χ3v) is 2.73. The summed E-state index contributed by atoms with van der Waals surface area (Å²) in [6, 6.07) is 5.83. The van der Waals surface area contributed by atoms with Gasteiger partial charge in [-0.25, -0.2) is 0 Å². The molecule has 3 nitrogen and oxygen atoms in total. The van der Waals surface area contributed by atoms with Gasteiger partial charge in [-0.2, -0.15) is 0 Å². The second-order valence-corrected chi connectivity index (χ2v) is 4.02. The first-order valence-electron chi connectivity index (χ1n) is 5.56. The molecule has 3 heteroatoms. The summed E-state index contributed by atoms with van der Waals surface area (Å²) < 4.78 is 0. The lowest BCUT2D eigenvalue weighted by Crippen LogP contribution is -2.27. The molecule has 88 valence electrons. The van der Waals surface area contributed by atoms with E-state index in [1.807, 2.05) is 32.0 Å². The van der Waals surface area contributed by atoms with E-state index in [2.05, 4.69) is 5.32 Å². The molecule has 1 rings (SSSR count). The molecule has 0 bridgehead atoms. The van der Waals surface area contributed by atoms with E-state index in [1.54, 1.807) is 6.92 Å². The molecule has 0 aliphatic heterocycles. The standard InChI is InChI=1S/C13H19NO2/c1-4-13(16)14-8-12(15)11-6-5-9(2)10(3)7-11/h5-7,12,15H,4,8H2,1-3H3,(H,14,16). The van der Waals surface area contributed by atoms with E-state index in [9.17, 15) is 9.90 Å². The molecule has 0 fully saturated rings. The summed E-state index contributed by atoms with van der Waals surface area (Å²) in [5.74, 6) is -0.0390. The zero-order valence-electron chi connectivity index (χ0n) is 10.1. The molecule has 1 unspecified atom stereocenters. The van der Waals surface area contributed by atoms with Crippen LogP contribution in [-0.4, -0.2) is 17.6 Å². The summed E-state index contributed by atoms with van der Waals surface area (Å²) >= 11 is 0. The predicted octanol–water partition coefficient (Wildman–Crippen LogP) is 1.86. The summed E-state index contributed by atoms with van der Waals surface area (Å²) in [4.78, 5) is 11.0. The summed E-state index contributed by atoms with van der Waals surface area (Å²) in [7, 11) is 0. The van der Waals surface area contributed by atoms with Crippen molar-refractivity contribution in [3.63, 3.8) is 0 Å². The van der Waals surface area contributed by atoms with E-state index in [1.165, 1.54) is 5.56 Å². The topological polar surface area (TPSA) is 49.3 Å². The number of rotatable bonds is 4. The van der Waals surface area contributed by atoms with E-state index in [0.717, 1.165) is 11.1 Å².